The first-order chi connectivity index (χ1) is 14.1. The monoisotopic (exact) mass is 427 g/mol. The van der Waals surface area contributed by atoms with Gasteiger partial charge in [0.15, 0.2) is 5.78 Å². The number of piperidine rings is 1. The highest BCUT2D eigenvalue weighted by atomic mass is 16.3. The van der Waals surface area contributed by atoms with Crippen LogP contribution in [-0.4, -0.2) is 80.0 Å². The molecule has 0 bridgehead atoms. The predicted molar refractivity (Wildman–Crippen MR) is 112 cm³/mol. The number of nitrogens with one attached hydrogen (secondary N) is 5. The molecule has 5 atom stereocenters. The minimum atomic E-state index is -1.20. The van der Waals surface area contributed by atoms with Gasteiger partial charge in [0, 0.05) is 26.2 Å². The zero-order valence-electron chi connectivity index (χ0n) is 18.6. The lowest BCUT2D eigenvalue weighted by Gasteiger charge is -2.31. The average molecular weight is 428 g/mol. The summed E-state index contributed by atoms with van der Waals surface area (Å²) >= 11 is 0. The van der Waals surface area contributed by atoms with Crippen LogP contribution >= 0.6 is 0 Å². The van der Waals surface area contributed by atoms with Crippen molar-refractivity contribution in [1.82, 2.24) is 26.6 Å². The zero-order chi connectivity index (χ0) is 22.8. The molecule has 0 aromatic carbocycles. The van der Waals surface area contributed by atoms with E-state index in [4.69, 9.17) is 0 Å². The van der Waals surface area contributed by atoms with Crippen molar-refractivity contribution in [2.75, 3.05) is 33.2 Å². The molecule has 1 aliphatic heterocycles. The second-order valence-corrected chi connectivity index (χ2v) is 8.38. The van der Waals surface area contributed by atoms with E-state index in [2.05, 4.69) is 26.6 Å². The lowest BCUT2D eigenvalue weighted by Crippen LogP contribution is -2.59. The number of aliphatic hydroxyl groups excluding tert-OH is 1. The molecule has 6 N–H and O–H groups in total. The van der Waals surface area contributed by atoms with E-state index in [-0.39, 0.29) is 24.2 Å². The summed E-state index contributed by atoms with van der Waals surface area (Å²) < 4.78 is 0. The van der Waals surface area contributed by atoms with Gasteiger partial charge in [-0.15, -0.1) is 0 Å². The summed E-state index contributed by atoms with van der Waals surface area (Å²) in [6, 6.07) is -1.96. The van der Waals surface area contributed by atoms with E-state index < -0.39 is 35.9 Å². The fraction of sp³-hybridized carbons (Fsp3) is 0.800. The number of ketones is 1. The number of rotatable bonds is 11. The van der Waals surface area contributed by atoms with Crippen LogP contribution in [0.4, 0.5) is 0 Å². The van der Waals surface area contributed by atoms with Gasteiger partial charge in [0.05, 0.1) is 24.0 Å². The van der Waals surface area contributed by atoms with Crippen LogP contribution in [0.1, 0.15) is 34.1 Å². The molecule has 3 amide bonds. The molecule has 0 spiro atoms. The van der Waals surface area contributed by atoms with Gasteiger partial charge in [-0.2, -0.15) is 0 Å². The molecule has 172 valence electrons. The molecule has 0 radical (unpaired) electrons. The van der Waals surface area contributed by atoms with Crippen LogP contribution in [0.3, 0.4) is 0 Å². The van der Waals surface area contributed by atoms with Gasteiger partial charge in [0.25, 0.3) is 0 Å². The summed E-state index contributed by atoms with van der Waals surface area (Å²) in [5.74, 6) is -1.92. The number of hydrogen-bond donors (Lipinski definition) is 6. The van der Waals surface area contributed by atoms with E-state index in [0.717, 1.165) is 0 Å². The third-order valence-electron chi connectivity index (χ3n) is 5.05. The van der Waals surface area contributed by atoms with Crippen molar-refractivity contribution in [3.8, 4) is 0 Å². The van der Waals surface area contributed by atoms with E-state index >= 15 is 0 Å². The standard InChI is InChI=1S/C20H37N5O5/c1-11(2)7-23-18(28)14-6-15(9-22-8-14)19(29)25-17(13(4)27)20(30)24-16(10-21-5)12(3)26/h11,13-17,21-22,27H,6-10H2,1-5H3,(H,23,28)(H,24,30)(H,25,29)/t13-,14+,15-,16-,17-/m0/s1. The fourth-order valence-electron chi connectivity index (χ4n) is 3.23. The summed E-state index contributed by atoms with van der Waals surface area (Å²) in [5.41, 5.74) is 0. The summed E-state index contributed by atoms with van der Waals surface area (Å²) in [6.07, 6.45) is -0.801. The molecule has 1 rings (SSSR count). The maximum absolute atomic E-state index is 12.7. The van der Waals surface area contributed by atoms with Gasteiger partial charge in [0.1, 0.15) is 6.04 Å². The number of carbonyl (C=O) groups excluding carboxylic acids is 4. The maximum atomic E-state index is 12.7. The molecular weight excluding hydrogens is 390 g/mol. The van der Waals surface area contributed by atoms with E-state index in [1.165, 1.54) is 13.8 Å². The van der Waals surface area contributed by atoms with E-state index in [1.54, 1.807) is 7.05 Å². The second-order valence-electron chi connectivity index (χ2n) is 8.38. The van der Waals surface area contributed by atoms with Crippen molar-refractivity contribution in [3.05, 3.63) is 0 Å². The Morgan fingerprint density at radius 1 is 1.00 bits per heavy atom. The Morgan fingerprint density at radius 2 is 1.60 bits per heavy atom. The summed E-state index contributed by atoms with van der Waals surface area (Å²) in [4.78, 5) is 49.3. The minimum Gasteiger partial charge on any atom is -0.391 e. The lowest BCUT2D eigenvalue weighted by atomic mass is 9.88. The van der Waals surface area contributed by atoms with Crippen LogP contribution in [0, 0.1) is 17.8 Å². The molecule has 0 aliphatic carbocycles. The van der Waals surface area contributed by atoms with Crippen LogP contribution in [0.25, 0.3) is 0 Å². The third kappa shape index (κ3) is 8.37. The molecule has 10 nitrogen and oxygen atoms in total. The summed E-state index contributed by atoms with van der Waals surface area (Å²) in [5, 5.41) is 23.9. The molecule has 1 saturated heterocycles. The van der Waals surface area contributed by atoms with Crippen molar-refractivity contribution in [2.45, 2.75) is 52.3 Å². The molecule has 0 saturated carbocycles. The Labute approximate surface area is 178 Å². The van der Waals surface area contributed by atoms with Crippen LogP contribution in [0.15, 0.2) is 0 Å². The van der Waals surface area contributed by atoms with Crippen molar-refractivity contribution >= 4 is 23.5 Å². The van der Waals surface area contributed by atoms with Gasteiger partial charge in [-0.3, -0.25) is 19.2 Å². The number of carbonyl (C=O) groups is 4. The van der Waals surface area contributed by atoms with Gasteiger partial charge in [-0.25, -0.2) is 0 Å². The van der Waals surface area contributed by atoms with Crippen LogP contribution in [0.5, 0.6) is 0 Å². The van der Waals surface area contributed by atoms with E-state index in [1.807, 2.05) is 13.8 Å². The van der Waals surface area contributed by atoms with Gasteiger partial charge < -0.3 is 31.7 Å². The Balaban J connectivity index is 2.72. The zero-order valence-corrected chi connectivity index (χ0v) is 18.6. The SMILES string of the molecule is CNC[C@H](NC(=O)[C@@H](NC(=O)[C@@H]1CNC[C@H](C(=O)NCC(C)C)C1)[C@H](C)O)C(C)=O. The number of aliphatic hydroxyl groups is 1. The first-order valence-electron chi connectivity index (χ1n) is 10.5. The molecule has 1 heterocycles. The predicted octanol–water partition coefficient (Wildman–Crippen LogP) is -1.86. The molecule has 0 aromatic rings. The quantitative estimate of drug-likeness (QED) is 0.227. The number of hydrogen-bond acceptors (Lipinski definition) is 7. The Bertz CT molecular complexity index is 610. The highest BCUT2D eigenvalue weighted by Crippen LogP contribution is 2.17. The maximum Gasteiger partial charge on any atom is 0.245 e. The highest BCUT2D eigenvalue weighted by molar-refractivity contribution is 5.93. The number of likely N-dealkylation sites (N-methyl/N-ethyl adjacent to an activating group) is 1. The van der Waals surface area contributed by atoms with Gasteiger partial charge >= 0.3 is 0 Å². The summed E-state index contributed by atoms with van der Waals surface area (Å²) in [7, 11) is 1.65. The Hall–Kier alpha value is -2.04. The number of Topliss-reactive ketones (excluding diaryl/α,β-unsaturated/α-hetero) is 1. The molecule has 0 aromatic heterocycles. The third-order valence-corrected chi connectivity index (χ3v) is 5.05. The van der Waals surface area contributed by atoms with Gasteiger partial charge in [-0.1, -0.05) is 13.8 Å². The van der Waals surface area contributed by atoms with Gasteiger partial charge in [-0.05, 0) is 33.2 Å². The molecule has 30 heavy (non-hydrogen) atoms. The van der Waals surface area contributed by atoms with Gasteiger partial charge in [0.2, 0.25) is 17.7 Å². The van der Waals surface area contributed by atoms with Crippen LogP contribution in [0.2, 0.25) is 0 Å². The number of amides is 3. The highest BCUT2D eigenvalue weighted by Gasteiger charge is 2.34. The van der Waals surface area contributed by atoms with Crippen molar-refractivity contribution < 1.29 is 24.3 Å². The molecular formula is C20H37N5O5. The normalized spacial score (nSPS) is 22.0. The fourth-order valence-corrected chi connectivity index (χ4v) is 3.23. The first kappa shape index (κ1) is 26.0. The molecule has 1 aliphatic rings. The van der Waals surface area contributed by atoms with E-state index in [0.29, 0.717) is 32.0 Å². The molecule has 10 heteroatoms. The topological polar surface area (TPSA) is 149 Å². The minimum absolute atomic E-state index is 0.102. The van der Waals surface area contributed by atoms with E-state index in [9.17, 15) is 24.3 Å². The largest absolute Gasteiger partial charge is 0.391 e. The smallest absolute Gasteiger partial charge is 0.245 e. The van der Waals surface area contributed by atoms with Crippen molar-refractivity contribution in [2.24, 2.45) is 17.8 Å². The van der Waals surface area contributed by atoms with Crippen LogP contribution in [-0.2, 0) is 19.2 Å². The average Bonchev–Trinajstić information content (AvgIpc) is 2.69. The summed E-state index contributed by atoms with van der Waals surface area (Å²) in [6.45, 7) is 8.43. The van der Waals surface area contributed by atoms with Crippen molar-refractivity contribution in [3.63, 3.8) is 0 Å². The van der Waals surface area contributed by atoms with Crippen LogP contribution < -0.4 is 26.6 Å². The Kier molecular flexibility index (Phi) is 10.9. The lowest BCUT2D eigenvalue weighted by molar-refractivity contribution is -0.136. The second kappa shape index (κ2) is 12.6. The Morgan fingerprint density at radius 3 is 2.10 bits per heavy atom. The van der Waals surface area contributed by atoms with Crippen molar-refractivity contribution in [1.29, 1.82) is 0 Å². The first-order valence-corrected chi connectivity index (χ1v) is 10.5. The molecule has 1 fully saturated rings. The molecule has 0 unspecified atom stereocenters.